The molecule has 18 heavy (non-hydrogen) atoms. The Bertz CT molecular complexity index is 547. The zero-order valence-electron chi connectivity index (χ0n) is 10.3. The first-order chi connectivity index (χ1) is 8.28. The van der Waals surface area contributed by atoms with E-state index in [2.05, 4.69) is 15.9 Å². The van der Waals surface area contributed by atoms with Crippen molar-refractivity contribution in [2.75, 3.05) is 13.1 Å². The van der Waals surface area contributed by atoms with Gasteiger partial charge in [0.25, 0.3) is 0 Å². The van der Waals surface area contributed by atoms with Crippen LogP contribution in [0.2, 0.25) is 0 Å². The van der Waals surface area contributed by atoms with Crippen LogP contribution in [0.3, 0.4) is 0 Å². The van der Waals surface area contributed by atoms with Gasteiger partial charge in [0.05, 0.1) is 14.3 Å². The predicted molar refractivity (Wildman–Crippen MR) is 75.4 cm³/mol. The summed E-state index contributed by atoms with van der Waals surface area (Å²) >= 11 is 4.70. The minimum Gasteiger partial charge on any atom is -0.387 e. The van der Waals surface area contributed by atoms with Crippen LogP contribution in [0.5, 0.6) is 0 Å². The van der Waals surface area contributed by atoms with Gasteiger partial charge >= 0.3 is 0 Å². The van der Waals surface area contributed by atoms with Gasteiger partial charge in [-0.2, -0.15) is 4.31 Å². The molecule has 1 aliphatic rings. The van der Waals surface area contributed by atoms with Crippen molar-refractivity contribution in [1.82, 2.24) is 4.31 Å². The molecule has 1 N–H and O–H groups in total. The van der Waals surface area contributed by atoms with Crippen molar-refractivity contribution in [3.63, 3.8) is 0 Å². The van der Waals surface area contributed by atoms with E-state index in [-0.39, 0.29) is 13.1 Å². The fourth-order valence-electron chi connectivity index (χ4n) is 2.23. The fourth-order valence-corrected chi connectivity index (χ4v) is 6.21. The number of hydrogen-bond donors (Lipinski definition) is 1. The number of sulfonamides is 1. The van der Waals surface area contributed by atoms with Crippen LogP contribution in [0.25, 0.3) is 0 Å². The molecule has 1 fully saturated rings. The third-order valence-corrected chi connectivity index (χ3v) is 6.72. The lowest BCUT2D eigenvalue weighted by atomic mass is 9.92. The number of aliphatic hydroxyl groups is 1. The van der Waals surface area contributed by atoms with Crippen molar-refractivity contribution in [3.8, 4) is 0 Å². The minimum atomic E-state index is -3.45. The van der Waals surface area contributed by atoms with Crippen LogP contribution in [0, 0.1) is 6.92 Å². The summed E-state index contributed by atoms with van der Waals surface area (Å²) < 4.78 is 26.8. The average molecular weight is 354 g/mol. The Kier molecular flexibility index (Phi) is 3.91. The highest BCUT2D eigenvalue weighted by molar-refractivity contribution is 9.11. The van der Waals surface area contributed by atoms with Crippen LogP contribution >= 0.6 is 27.3 Å². The number of halogens is 1. The van der Waals surface area contributed by atoms with Crippen molar-refractivity contribution >= 4 is 37.3 Å². The quantitative estimate of drug-likeness (QED) is 0.903. The average Bonchev–Trinajstić information content (AvgIpc) is 2.55. The third-order valence-electron chi connectivity index (χ3n) is 3.12. The second kappa shape index (κ2) is 4.86. The number of β-amino-alcohol motifs (C(OH)–C–C–N with tert-alkyl or cyclic N) is 1. The van der Waals surface area contributed by atoms with E-state index in [0.717, 1.165) is 15.1 Å². The van der Waals surface area contributed by atoms with Crippen LogP contribution < -0.4 is 0 Å². The molecule has 1 saturated heterocycles. The van der Waals surface area contributed by atoms with Crippen molar-refractivity contribution in [2.24, 2.45) is 0 Å². The molecule has 4 nitrogen and oxygen atoms in total. The normalized spacial score (nSPS) is 19.8. The Labute approximate surface area is 120 Å². The highest BCUT2D eigenvalue weighted by atomic mass is 79.9. The Morgan fingerprint density at radius 3 is 2.61 bits per heavy atom. The molecular formula is C11H16BrNO3S2. The summed E-state index contributed by atoms with van der Waals surface area (Å²) in [5.74, 6) is 0. The van der Waals surface area contributed by atoms with E-state index in [9.17, 15) is 13.5 Å². The lowest BCUT2D eigenvalue weighted by Crippen LogP contribution is -2.63. The van der Waals surface area contributed by atoms with E-state index in [4.69, 9.17) is 0 Å². The van der Waals surface area contributed by atoms with Crippen molar-refractivity contribution in [1.29, 1.82) is 0 Å². The van der Waals surface area contributed by atoms with Gasteiger partial charge in [0.15, 0.2) is 0 Å². The van der Waals surface area contributed by atoms with E-state index in [1.54, 1.807) is 13.0 Å². The van der Waals surface area contributed by atoms with Gasteiger partial charge in [-0.1, -0.05) is 13.3 Å². The van der Waals surface area contributed by atoms with Crippen molar-refractivity contribution < 1.29 is 13.5 Å². The highest BCUT2D eigenvalue weighted by Crippen LogP contribution is 2.36. The molecule has 7 heteroatoms. The molecule has 0 unspecified atom stereocenters. The first-order valence-electron chi connectivity index (χ1n) is 5.77. The monoisotopic (exact) mass is 353 g/mol. The first kappa shape index (κ1) is 14.5. The molecule has 0 spiro atoms. The van der Waals surface area contributed by atoms with Gasteiger partial charge in [0.2, 0.25) is 10.0 Å². The summed E-state index contributed by atoms with van der Waals surface area (Å²) in [6.45, 7) is 4.18. The molecule has 0 amide bonds. The zero-order chi connectivity index (χ0) is 13.6. The van der Waals surface area contributed by atoms with Gasteiger partial charge in [-0.05, 0) is 35.3 Å². The van der Waals surface area contributed by atoms with E-state index in [0.29, 0.717) is 11.3 Å². The van der Waals surface area contributed by atoms with E-state index in [1.165, 1.54) is 15.6 Å². The maximum absolute atomic E-state index is 12.3. The Morgan fingerprint density at radius 2 is 2.17 bits per heavy atom. The van der Waals surface area contributed by atoms with Crippen LogP contribution in [0.4, 0.5) is 0 Å². The molecule has 0 radical (unpaired) electrons. The van der Waals surface area contributed by atoms with Crippen molar-refractivity contribution in [2.45, 2.75) is 37.2 Å². The van der Waals surface area contributed by atoms with Gasteiger partial charge in [-0.3, -0.25) is 0 Å². The summed E-state index contributed by atoms with van der Waals surface area (Å²) in [5, 5.41) is 10.1. The standard InChI is InChI=1S/C11H16BrNO3S2/c1-3-4-11(14)6-13(7-11)18(15,16)9-5-10(12)17-8(9)2/h5,14H,3-4,6-7H2,1-2H3. The van der Waals surface area contributed by atoms with Gasteiger partial charge in [0, 0.05) is 18.0 Å². The molecule has 102 valence electrons. The summed E-state index contributed by atoms with van der Waals surface area (Å²) in [7, 11) is -3.45. The Balaban J connectivity index is 2.18. The molecule has 2 rings (SSSR count). The van der Waals surface area contributed by atoms with Crippen LogP contribution in [-0.2, 0) is 10.0 Å². The van der Waals surface area contributed by atoms with Crippen LogP contribution in [0.15, 0.2) is 14.7 Å². The van der Waals surface area contributed by atoms with Gasteiger partial charge in [0.1, 0.15) is 0 Å². The first-order valence-corrected chi connectivity index (χ1v) is 8.82. The predicted octanol–water partition coefficient (Wildman–Crippen LogP) is 2.35. The number of rotatable bonds is 4. The third kappa shape index (κ3) is 2.51. The minimum absolute atomic E-state index is 0.204. The van der Waals surface area contributed by atoms with E-state index < -0.39 is 15.6 Å². The molecule has 1 aromatic heterocycles. The number of thiophene rings is 1. The number of hydrogen-bond acceptors (Lipinski definition) is 4. The SMILES string of the molecule is CCCC1(O)CN(S(=O)(=O)c2cc(Br)sc2C)C1. The summed E-state index contributed by atoms with van der Waals surface area (Å²) in [5.41, 5.74) is -0.830. The summed E-state index contributed by atoms with van der Waals surface area (Å²) in [4.78, 5) is 1.12. The summed E-state index contributed by atoms with van der Waals surface area (Å²) in [6.07, 6.45) is 1.50. The van der Waals surface area contributed by atoms with E-state index >= 15 is 0 Å². The topological polar surface area (TPSA) is 57.6 Å². The Hall–Kier alpha value is 0.0500. The van der Waals surface area contributed by atoms with Crippen LogP contribution in [-0.4, -0.2) is 36.5 Å². The molecule has 0 aliphatic carbocycles. The van der Waals surface area contributed by atoms with Gasteiger partial charge in [-0.25, -0.2) is 8.42 Å². The summed E-state index contributed by atoms with van der Waals surface area (Å²) in [6, 6.07) is 1.63. The molecule has 0 saturated carbocycles. The van der Waals surface area contributed by atoms with Gasteiger partial charge < -0.3 is 5.11 Å². The molecule has 1 aromatic rings. The largest absolute Gasteiger partial charge is 0.387 e. The maximum atomic E-state index is 12.3. The van der Waals surface area contributed by atoms with E-state index in [1.807, 2.05) is 6.92 Å². The second-order valence-corrected chi connectivity index (χ2v) is 9.26. The number of aryl methyl sites for hydroxylation is 1. The molecule has 1 aliphatic heterocycles. The molecule has 0 bridgehead atoms. The fraction of sp³-hybridized carbons (Fsp3) is 0.636. The van der Waals surface area contributed by atoms with Crippen LogP contribution in [0.1, 0.15) is 24.6 Å². The second-order valence-electron chi connectivity index (χ2n) is 4.72. The molecule has 2 heterocycles. The molecular weight excluding hydrogens is 338 g/mol. The molecule has 0 atom stereocenters. The highest BCUT2D eigenvalue weighted by Gasteiger charge is 2.47. The lowest BCUT2D eigenvalue weighted by molar-refractivity contribution is -0.0653. The maximum Gasteiger partial charge on any atom is 0.244 e. The lowest BCUT2D eigenvalue weighted by Gasteiger charge is -2.45. The number of nitrogens with zero attached hydrogens (tertiary/aromatic N) is 1. The smallest absolute Gasteiger partial charge is 0.244 e. The van der Waals surface area contributed by atoms with Crippen molar-refractivity contribution in [3.05, 3.63) is 14.7 Å². The Morgan fingerprint density at radius 1 is 1.56 bits per heavy atom. The van der Waals surface area contributed by atoms with Gasteiger partial charge in [-0.15, -0.1) is 11.3 Å². The zero-order valence-corrected chi connectivity index (χ0v) is 13.5. The molecule has 0 aromatic carbocycles.